The first-order chi connectivity index (χ1) is 3.48. The van der Waals surface area contributed by atoms with Crippen LogP contribution in [0.5, 0.6) is 0 Å². The fourth-order valence-corrected chi connectivity index (χ4v) is 0.153. The molecule has 0 aromatic rings. The van der Waals surface area contributed by atoms with Gasteiger partial charge in [-0.05, 0) is 12.3 Å². The molecule has 0 aliphatic carbocycles. The van der Waals surface area contributed by atoms with Crippen molar-refractivity contribution in [2.24, 2.45) is 5.41 Å². The van der Waals surface area contributed by atoms with E-state index in [2.05, 4.69) is 0 Å². The molecule has 0 fully saturated rings. The monoisotopic (exact) mass is 112 g/mol. The third-order valence-corrected chi connectivity index (χ3v) is 1.28. The Morgan fingerprint density at radius 1 is 1.38 bits per heavy atom. The van der Waals surface area contributed by atoms with E-state index in [9.17, 15) is 4.79 Å². The van der Waals surface area contributed by atoms with Crippen LogP contribution in [0.1, 0.15) is 27.7 Å². The summed E-state index contributed by atoms with van der Waals surface area (Å²) in [5.41, 5.74) is 0.777. The lowest BCUT2D eigenvalue weighted by Crippen LogP contribution is -2.06. The van der Waals surface area contributed by atoms with E-state index >= 15 is 0 Å². The van der Waals surface area contributed by atoms with Gasteiger partial charge in [-0.25, -0.2) is 4.79 Å². The van der Waals surface area contributed by atoms with E-state index in [1.165, 1.54) is 0 Å². The summed E-state index contributed by atoms with van der Waals surface area (Å²) in [6.07, 6.45) is 0. The maximum atomic E-state index is 9.99. The normalized spacial score (nSPS) is 10.5. The van der Waals surface area contributed by atoms with Crippen LogP contribution in [0.25, 0.3) is 0 Å². The zero-order valence-electron chi connectivity index (χ0n) is 5.91. The molecular weight excluding hydrogens is 100 g/mol. The average molecular weight is 112 g/mol. The molecule has 0 aromatic carbocycles. The molecule has 8 heavy (non-hydrogen) atoms. The molecule has 0 rings (SSSR count). The number of hydrogen-bond acceptors (Lipinski definition) is 1. The molecule has 0 saturated carbocycles. The highest BCUT2D eigenvalue weighted by atomic mass is 16.1. The minimum absolute atomic E-state index is 0.00174. The highest BCUT2D eigenvalue weighted by Gasteiger charge is 2.12. The topological polar surface area (TPSA) is 17.1 Å². The summed E-state index contributed by atoms with van der Waals surface area (Å²) in [6.45, 7) is 7.78. The van der Waals surface area contributed by atoms with Gasteiger partial charge in [-0.1, -0.05) is 20.8 Å². The minimum Gasteiger partial charge on any atom is -0.234 e. The van der Waals surface area contributed by atoms with Gasteiger partial charge in [-0.15, -0.1) is 0 Å². The third kappa shape index (κ3) is 1.94. The van der Waals surface area contributed by atoms with Crippen molar-refractivity contribution >= 4 is 5.94 Å². The van der Waals surface area contributed by atoms with E-state index in [4.69, 9.17) is 0 Å². The molecule has 0 N–H and O–H groups in total. The molecule has 0 spiro atoms. The van der Waals surface area contributed by atoms with Gasteiger partial charge < -0.3 is 0 Å². The average Bonchev–Trinajstić information content (AvgIpc) is 1.62. The largest absolute Gasteiger partial charge is 0.234 e. The van der Waals surface area contributed by atoms with Crippen LogP contribution >= 0.6 is 0 Å². The second kappa shape index (κ2) is 2.15. The third-order valence-electron chi connectivity index (χ3n) is 1.28. The first-order valence-electron chi connectivity index (χ1n) is 2.70. The predicted octanol–water partition coefficient (Wildman–Crippen LogP) is 1.81. The quantitative estimate of drug-likeness (QED) is 0.437. The number of allylic oxidation sites excluding steroid dienone is 1. The fourth-order valence-electron chi connectivity index (χ4n) is 0.153. The zero-order valence-corrected chi connectivity index (χ0v) is 5.91. The van der Waals surface area contributed by atoms with E-state index in [0.717, 1.165) is 5.57 Å². The molecule has 0 saturated heterocycles. The fraction of sp³-hybridized carbons (Fsp3) is 0.714. The molecule has 46 valence electrons. The lowest BCUT2D eigenvalue weighted by atomic mass is 9.89. The Morgan fingerprint density at radius 2 is 1.75 bits per heavy atom. The maximum Gasteiger partial charge on any atom is 0.123 e. The van der Waals surface area contributed by atoms with Crippen LogP contribution in [-0.4, -0.2) is 5.94 Å². The van der Waals surface area contributed by atoms with Gasteiger partial charge >= 0.3 is 0 Å². The van der Waals surface area contributed by atoms with E-state index in [1.54, 1.807) is 6.92 Å². The number of hydrogen-bond donors (Lipinski definition) is 0. The summed E-state index contributed by atoms with van der Waals surface area (Å²) >= 11 is 0. The first-order valence-corrected chi connectivity index (χ1v) is 2.70. The Morgan fingerprint density at radius 3 is 1.75 bits per heavy atom. The maximum absolute atomic E-state index is 9.99. The second-order valence-corrected chi connectivity index (χ2v) is 2.98. The van der Waals surface area contributed by atoms with Crippen LogP contribution in [0, 0.1) is 5.41 Å². The van der Waals surface area contributed by atoms with Crippen molar-refractivity contribution in [3.05, 3.63) is 5.57 Å². The molecular formula is C7H12O. The highest BCUT2D eigenvalue weighted by Crippen LogP contribution is 2.21. The summed E-state index contributed by atoms with van der Waals surface area (Å²) in [7, 11) is 0. The Kier molecular flexibility index (Phi) is 2.00. The Balaban J connectivity index is 4.26. The van der Waals surface area contributed by atoms with E-state index in [1.807, 2.05) is 26.7 Å². The van der Waals surface area contributed by atoms with Crippen LogP contribution in [0.15, 0.2) is 5.57 Å². The molecule has 0 bridgehead atoms. The van der Waals surface area contributed by atoms with Crippen molar-refractivity contribution in [3.8, 4) is 0 Å². The molecule has 0 heterocycles. The summed E-state index contributed by atoms with van der Waals surface area (Å²) in [4.78, 5) is 9.99. The summed E-state index contributed by atoms with van der Waals surface area (Å²) in [6, 6.07) is 0. The van der Waals surface area contributed by atoms with Crippen LogP contribution in [-0.2, 0) is 4.79 Å². The van der Waals surface area contributed by atoms with Gasteiger partial charge in [0.1, 0.15) is 5.94 Å². The van der Waals surface area contributed by atoms with Gasteiger partial charge in [-0.2, -0.15) is 0 Å². The molecule has 1 nitrogen and oxygen atoms in total. The molecule has 0 aliphatic rings. The van der Waals surface area contributed by atoms with E-state index in [0.29, 0.717) is 0 Å². The molecule has 0 aliphatic heterocycles. The second-order valence-electron chi connectivity index (χ2n) is 2.98. The van der Waals surface area contributed by atoms with Gasteiger partial charge in [0, 0.05) is 5.57 Å². The van der Waals surface area contributed by atoms with Crippen molar-refractivity contribution in [3.63, 3.8) is 0 Å². The summed E-state index contributed by atoms with van der Waals surface area (Å²) < 4.78 is 0. The lowest BCUT2D eigenvalue weighted by Gasteiger charge is -2.14. The van der Waals surface area contributed by atoms with Crippen molar-refractivity contribution in [1.82, 2.24) is 0 Å². The van der Waals surface area contributed by atoms with E-state index in [-0.39, 0.29) is 5.41 Å². The highest BCUT2D eigenvalue weighted by molar-refractivity contribution is 5.53. The molecule has 0 amide bonds. The molecule has 1 heteroatoms. The van der Waals surface area contributed by atoms with Crippen molar-refractivity contribution < 1.29 is 4.79 Å². The Bertz CT molecular complexity index is 122. The minimum atomic E-state index is 0.00174. The van der Waals surface area contributed by atoms with Crippen LogP contribution < -0.4 is 0 Å². The Hall–Kier alpha value is -0.550. The zero-order chi connectivity index (χ0) is 6.78. The lowest BCUT2D eigenvalue weighted by molar-refractivity contribution is 0.497. The molecule has 0 aromatic heterocycles. The smallest absolute Gasteiger partial charge is 0.123 e. The first kappa shape index (κ1) is 7.45. The summed E-state index contributed by atoms with van der Waals surface area (Å²) in [5.74, 6) is 1.87. The number of carbonyl (C=O) groups excluding carboxylic acids is 1. The van der Waals surface area contributed by atoms with Gasteiger partial charge in [0.15, 0.2) is 0 Å². The molecule has 0 atom stereocenters. The van der Waals surface area contributed by atoms with Gasteiger partial charge in [0.25, 0.3) is 0 Å². The number of rotatable bonds is 0. The van der Waals surface area contributed by atoms with Crippen LogP contribution in [0.4, 0.5) is 0 Å². The van der Waals surface area contributed by atoms with Gasteiger partial charge in [0.05, 0.1) is 0 Å². The molecule has 0 radical (unpaired) electrons. The predicted molar refractivity (Wildman–Crippen MR) is 34.3 cm³/mol. The summed E-state index contributed by atoms with van der Waals surface area (Å²) in [5, 5.41) is 0. The van der Waals surface area contributed by atoms with Crippen LogP contribution in [0.2, 0.25) is 0 Å². The standard InChI is InChI=1S/C7H12O/c1-6(5-8)7(2,3)4/h1-4H3. The van der Waals surface area contributed by atoms with Crippen LogP contribution in [0.3, 0.4) is 0 Å². The van der Waals surface area contributed by atoms with E-state index < -0.39 is 0 Å². The Labute approximate surface area is 50.4 Å². The SMILES string of the molecule is CC(=C=O)C(C)(C)C. The van der Waals surface area contributed by atoms with Gasteiger partial charge in [-0.3, -0.25) is 0 Å². The molecule has 0 unspecified atom stereocenters. The van der Waals surface area contributed by atoms with Crippen molar-refractivity contribution in [2.75, 3.05) is 0 Å². The van der Waals surface area contributed by atoms with Crippen molar-refractivity contribution in [2.45, 2.75) is 27.7 Å². The van der Waals surface area contributed by atoms with Crippen molar-refractivity contribution in [1.29, 1.82) is 0 Å². The van der Waals surface area contributed by atoms with Gasteiger partial charge in [0.2, 0.25) is 0 Å².